The minimum atomic E-state index is 0. The molecule has 0 N–H and O–H groups in total. The Morgan fingerprint density at radius 1 is 1.64 bits per heavy atom. The molecule has 0 nitrogen and oxygen atoms in total. The molecule has 0 aromatic rings. The van der Waals surface area contributed by atoms with Crippen molar-refractivity contribution in [1.29, 1.82) is 0 Å². The van der Waals surface area contributed by atoms with Crippen molar-refractivity contribution < 1.29 is 1.43 Å². The van der Waals surface area contributed by atoms with Crippen molar-refractivity contribution in [3.05, 3.63) is 18.6 Å². The molecule has 0 saturated heterocycles. The molecule has 64 valence electrons. The van der Waals surface area contributed by atoms with Crippen LogP contribution in [0.15, 0.2) is 11.6 Å². The summed E-state index contributed by atoms with van der Waals surface area (Å²) in [4.78, 5) is 0. The van der Waals surface area contributed by atoms with E-state index in [4.69, 9.17) is 0 Å². The van der Waals surface area contributed by atoms with Crippen LogP contribution in [-0.2, 0) is 0 Å². The zero-order valence-electron chi connectivity index (χ0n) is 8.98. The fourth-order valence-electron chi connectivity index (χ4n) is 1.68. The van der Waals surface area contributed by atoms with E-state index in [0.29, 0.717) is 0 Å². The van der Waals surface area contributed by atoms with E-state index in [0.717, 1.165) is 5.92 Å². The van der Waals surface area contributed by atoms with Crippen molar-refractivity contribution >= 4 is 0 Å². The maximum absolute atomic E-state index is 4.19. The van der Waals surface area contributed by atoms with Crippen LogP contribution in [0.25, 0.3) is 0 Å². The standard InChI is InChI=1S/C11H19.H/c1-9-5-7-10(8-6-9)11(2,3)4;/h5,10H,2,6-8H2,1,3-4H3;. The molecule has 0 aromatic heterocycles. The van der Waals surface area contributed by atoms with E-state index in [1.807, 2.05) is 0 Å². The molecule has 0 amide bonds. The summed E-state index contributed by atoms with van der Waals surface area (Å²) in [5.74, 6) is 0.797. The summed E-state index contributed by atoms with van der Waals surface area (Å²) in [5, 5.41) is 0. The van der Waals surface area contributed by atoms with Crippen LogP contribution in [0.5, 0.6) is 0 Å². The van der Waals surface area contributed by atoms with Crippen LogP contribution in [-0.4, -0.2) is 0 Å². The summed E-state index contributed by atoms with van der Waals surface area (Å²) in [5.41, 5.74) is 1.82. The zero-order chi connectivity index (χ0) is 8.48. The first-order chi connectivity index (χ1) is 5.00. The van der Waals surface area contributed by atoms with Crippen LogP contribution in [0.1, 0.15) is 41.5 Å². The summed E-state index contributed by atoms with van der Waals surface area (Å²) in [6, 6.07) is 0. The monoisotopic (exact) mass is 152 g/mol. The average molecular weight is 152 g/mol. The lowest BCUT2D eigenvalue weighted by molar-refractivity contribution is 0.256. The van der Waals surface area contributed by atoms with Gasteiger partial charge in [0.1, 0.15) is 0 Å². The summed E-state index contributed by atoms with van der Waals surface area (Å²) < 4.78 is 0. The number of hydrogen-bond acceptors (Lipinski definition) is 0. The predicted octanol–water partition coefficient (Wildman–Crippen LogP) is 3.71. The first-order valence-corrected chi connectivity index (χ1v) is 4.51. The van der Waals surface area contributed by atoms with Crippen molar-refractivity contribution in [2.75, 3.05) is 0 Å². The van der Waals surface area contributed by atoms with E-state index < -0.39 is 0 Å². The van der Waals surface area contributed by atoms with Gasteiger partial charge in [-0.05, 0) is 44.4 Å². The third-order valence-electron chi connectivity index (χ3n) is 2.74. The van der Waals surface area contributed by atoms with Gasteiger partial charge in [0.2, 0.25) is 0 Å². The molecule has 0 aromatic carbocycles. The molecule has 0 spiro atoms. The predicted molar refractivity (Wildman–Crippen MR) is 51.3 cm³/mol. The highest BCUT2D eigenvalue weighted by atomic mass is 14.3. The lowest BCUT2D eigenvalue weighted by Gasteiger charge is -2.32. The number of rotatable bonds is 1. The van der Waals surface area contributed by atoms with Gasteiger partial charge in [0.15, 0.2) is 0 Å². The van der Waals surface area contributed by atoms with Gasteiger partial charge in [-0.15, -0.1) is 0 Å². The molecule has 0 saturated carbocycles. The second-order valence-electron chi connectivity index (χ2n) is 4.51. The second kappa shape index (κ2) is 3.00. The zero-order valence-corrected chi connectivity index (χ0v) is 7.98. The van der Waals surface area contributed by atoms with Crippen LogP contribution in [0.2, 0.25) is 0 Å². The Bertz CT molecular complexity index is 162. The molecule has 0 bridgehead atoms. The Labute approximate surface area is 72.2 Å². The van der Waals surface area contributed by atoms with Gasteiger partial charge in [-0.3, -0.25) is 0 Å². The molecular formula is C11H20. The summed E-state index contributed by atoms with van der Waals surface area (Å²) in [6.07, 6.45) is 6.23. The van der Waals surface area contributed by atoms with Crippen LogP contribution in [0, 0.1) is 18.3 Å². The van der Waals surface area contributed by atoms with Crippen LogP contribution in [0.4, 0.5) is 0 Å². The first kappa shape index (κ1) is 8.83. The molecule has 1 aliphatic rings. The molecule has 0 heterocycles. The SMILES string of the molecule is [CH2]C(C)(C)C1CC=C(C)CC1.[H]. The minimum absolute atomic E-state index is 0. The maximum Gasteiger partial charge on any atom is 0 e. The molecule has 11 heavy (non-hydrogen) atoms. The smallest absolute Gasteiger partial charge is 0 e. The normalized spacial score (nSPS) is 26.5. The number of hydrogen-bond donors (Lipinski definition) is 0. The van der Waals surface area contributed by atoms with Gasteiger partial charge in [0.05, 0.1) is 0 Å². The topological polar surface area (TPSA) is 0 Å². The second-order valence-corrected chi connectivity index (χ2v) is 4.51. The molecule has 1 atom stereocenters. The highest BCUT2D eigenvalue weighted by molar-refractivity contribution is 5.05. The fraction of sp³-hybridized carbons (Fsp3) is 0.727. The molecule has 1 aliphatic carbocycles. The lowest BCUT2D eigenvalue weighted by atomic mass is 9.73. The molecule has 0 heteroatoms. The van der Waals surface area contributed by atoms with Crippen molar-refractivity contribution in [3.8, 4) is 0 Å². The Hall–Kier alpha value is -0.260. The van der Waals surface area contributed by atoms with Gasteiger partial charge in [0, 0.05) is 1.43 Å². The van der Waals surface area contributed by atoms with Crippen molar-refractivity contribution in [2.24, 2.45) is 11.3 Å². The molecule has 0 aliphatic heterocycles. The maximum atomic E-state index is 4.19. The Morgan fingerprint density at radius 2 is 2.27 bits per heavy atom. The molecule has 0 fully saturated rings. The largest absolute Gasteiger partial charge is 0.0853 e. The van der Waals surface area contributed by atoms with Gasteiger partial charge in [-0.2, -0.15) is 0 Å². The number of allylic oxidation sites excluding steroid dienone is 2. The molecule has 1 unspecified atom stereocenters. The van der Waals surface area contributed by atoms with E-state index in [1.165, 1.54) is 19.3 Å². The van der Waals surface area contributed by atoms with Crippen molar-refractivity contribution in [1.82, 2.24) is 0 Å². The van der Waals surface area contributed by atoms with Gasteiger partial charge in [-0.25, -0.2) is 0 Å². The van der Waals surface area contributed by atoms with Crippen molar-refractivity contribution in [2.45, 2.75) is 40.0 Å². The molecule has 1 rings (SSSR count). The van der Waals surface area contributed by atoms with E-state index >= 15 is 0 Å². The fourth-order valence-corrected chi connectivity index (χ4v) is 1.68. The van der Waals surface area contributed by atoms with E-state index in [1.54, 1.807) is 5.57 Å². The third-order valence-corrected chi connectivity index (χ3v) is 2.74. The van der Waals surface area contributed by atoms with Gasteiger partial charge in [0.25, 0.3) is 0 Å². The van der Waals surface area contributed by atoms with E-state index in [-0.39, 0.29) is 6.84 Å². The Morgan fingerprint density at radius 3 is 2.64 bits per heavy atom. The third kappa shape index (κ3) is 2.36. The average Bonchev–Trinajstić information content (AvgIpc) is 1.86. The lowest BCUT2D eigenvalue weighted by Crippen LogP contribution is -2.22. The highest BCUT2D eigenvalue weighted by Gasteiger charge is 2.25. The molecule has 2 radical (unpaired) electrons. The van der Waals surface area contributed by atoms with Crippen LogP contribution >= 0.6 is 0 Å². The molecular weight excluding hydrogens is 132 g/mol. The quantitative estimate of drug-likeness (QED) is 0.502. The van der Waals surface area contributed by atoms with E-state index in [2.05, 4.69) is 33.8 Å². The first-order valence-electron chi connectivity index (χ1n) is 4.51. The van der Waals surface area contributed by atoms with Crippen molar-refractivity contribution in [3.63, 3.8) is 0 Å². The summed E-state index contributed by atoms with van der Waals surface area (Å²) >= 11 is 0. The van der Waals surface area contributed by atoms with Gasteiger partial charge in [-0.1, -0.05) is 25.5 Å². The summed E-state index contributed by atoms with van der Waals surface area (Å²) in [6.45, 7) is 10.9. The van der Waals surface area contributed by atoms with Crippen LogP contribution < -0.4 is 0 Å². The van der Waals surface area contributed by atoms with Crippen LogP contribution in [0.3, 0.4) is 0 Å². The minimum Gasteiger partial charge on any atom is -0.0853 e. The van der Waals surface area contributed by atoms with E-state index in [9.17, 15) is 0 Å². The Kier molecular flexibility index (Phi) is 2.41. The van der Waals surface area contributed by atoms with Gasteiger partial charge < -0.3 is 0 Å². The summed E-state index contributed by atoms with van der Waals surface area (Å²) in [7, 11) is 0. The van der Waals surface area contributed by atoms with Gasteiger partial charge >= 0.3 is 0 Å². The Balaban J connectivity index is 0.00000121. The highest BCUT2D eigenvalue weighted by Crippen LogP contribution is 2.36.